The quantitative estimate of drug-likeness (QED) is 0.807. The fraction of sp³-hybridized carbons (Fsp3) is 0.273. The van der Waals surface area contributed by atoms with Crippen LogP contribution in [-0.2, 0) is 6.42 Å². The van der Waals surface area contributed by atoms with E-state index in [-0.39, 0.29) is 0 Å². The molecule has 0 aliphatic heterocycles. The van der Waals surface area contributed by atoms with E-state index >= 15 is 0 Å². The van der Waals surface area contributed by atoms with Crippen LogP contribution in [0.4, 0.5) is 0 Å². The molecule has 1 aromatic heterocycles. The number of fused-ring (bicyclic) bond motifs is 1. The third-order valence-electron chi connectivity index (χ3n) is 2.20. The van der Waals surface area contributed by atoms with Crippen molar-refractivity contribution in [1.82, 2.24) is 4.98 Å². The molecule has 0 saturated heterocycles. The number of aromatic amines is 1. The number of oxazole rings is 1. The van der Waals surface area contributed by atoms with Gasteiger partial charge in [-0.2, -0.15) is 0 Å². The maximum Gasteiger partial charge on any atom is 0.417 e. The minimum Gasteiger partial charge on any atom is -0.408 e. The highest BCUT2D eigenvalue weighted by molar-refractivity contribution is 5.72. The predicted molar refractivity (Wildman–Crippen MR) is 55.1 cm³/mol. The van der Waals surface area contributed by atoms with Gasteiger partial charge in [-0.1, -0.05) is 19.4 Å². The van der Waals surface area contributed by atoms with Crippen molar-refractivity contribution in [2.45, 2.75) is 19.3 Å². The van der Waals surface area contributed by atoms with Crippen LogP contribution in [0.1, 0.15) is 18.4 Å². The number of hydrogen-bond acceptors (Lipinski definition) is 2. The Kier molecular flexibility index (Phi) is 2.39. The Hall–Kier alpha value is -1.51. The Balaban J connectivity index is 2.35. The molecule has 3 nitrogen and oxygen atoms in total. The monoisotopic (exact) mass is 190 g/mol. The summed E-state index contributed by atoms with van der Waals surface area (Å²) < 4.78 is 4.96. The maximum atomic E-state index is 10.9. The van der Waals surface area contributed by atoms with Crippen LogP contribution < -0.4 is 5.76 Å². The summed E-state index contributed by atoms with van der Waals surface area (Å²) in [5, 5.41) is 0. The molecule has 1 aromatic carbocycles. The molecule has 73 valence electrons. The molecular formula is C11H12NO2. The largest absolute Gasteiger partial charge is 0.417 e. The standard InChI is InChI=1S/C11H12NO2/c1-2-3-4-8-5-6-9-10(7-8)14-11(13)12-9/h5-7H,1-4H2,(H,12,13). The van der Waals surface area contributed by atoms with Crippen LogP contribution in [0, 0.1) is 6.92 Å². The first-order valence-corrected chi connectivity index (χ1v) is 4.70. The Bertz CT molecular complexity index is 481. The van der Waals surface area contributed by atoms with E-state index in [1.54, 1.807) is 0 Å². The second kappa shape index (κ2) is 3.70. The molecule has 0 spiro atoms. The molecule has 0 saturated carbocycles. The second-order valence-corrected chi connectivity index (χ2v) is 3.30. The van der Waals surface area contributed by atoms with Crippen molar-refractivity contribution >= 4 is 11.1 Å². The molecule has 2 aromatic rings. The van der Waals surface area contributed by atoms with Gasteiger partial charge < -0.3 is 4.42 Å². The summed E-state index contributed by atoms with van der Waals surface area (Å²) in [6.45, 7) is 3.79. The first-order valence-electron chi connectivity index (χ1n) is 4.70. The molecule has 0 unspecified atom stereocenters. The summed E-state index contributed by atoms with van der Waals surface area (Å²) in [5.41, 5.74) is 2.58. The van der Waals surface area contributed by atoms with Crippen molar-refractivity contribution < 1.29 is 4.42 Å². The first kappa shape index (κ1) is 9.06. The molecule has 0 amide bonds. The van der Waals surface area contributed by atoms with E-state index < -0.39 is 5.76 Å². The van der Waals surface area contributed by atoms with Crippen LogP contribution in [-0.4, -0.2) is 4.98 Å². The smallest absolute Gasteiger partial charge is 0.408 e. The third kappa shape index (κ3) is 1.71. The van der Waals surface area contributed by atoms with Gasteiger partial charge in [0.25, 0.3) is 0 Å². The van der Waals surface area contributed by atoms with E-state index in [9.17, 15) is 4.79 Å². The summed E-state index contributed by atoms with van der Waals surface area (Å²) in [7, 11) is 0. The lowest BCUT2D eigenvalue weighted by Crippen LogP contribution is -1.92. The lowest BCUT2D eigenvalue weighted by atomic mass is 10.1. The molecule has 14 heavy (non-hydrogen) atoms. The molecule has 0 fully saturated rings. The van der Waals surface area contributed by atoms with Crippen LogP contribution in [0.25, 0.3) is 11.1 Å². The van der Waals surface area contributed by atoms with Crippen molar-refractivity contribution in [2.75, 3.05) is 0 Å². The van der Waals surface area contributed by atoms with Gasteiger partial charge in [0.05, 0.1) is 5.52 Å². The van der Waals surface area contributed by atoms with Crippen molar-refractivity contribution in [3.63, 3.8) is 0 Å². The molecular weight excluding hydrogens is 178 g/mol. The van der Waals surface area contributed by atoms with Crippen molar-refractivity contribution in [2.24, 2.45) is 0 Å². The van der Waals surface area contributed by atoms with E-state index in [0.717, 1.165) is 24.8 Å². The van der Waals surface area contributed by atoms with Crippen LogP contribution in [0.5, 0.6) is 0 Å². The fourth-order valence-electron chi connectivity index (χ4n) is 1.47. The molecule has 1 N–H and O–H groups in total. The number of unbranched alkanes of at least 4 members (excludes halogenated alkanes) is 1. The summed E-state index contributed by atoms with van der Waals surface area (Å²) in [6, 6.07) is 5.78. The topological polar surface area (TPSA) is 46.0 Å². The van der Waals surface area contributed by atoms with Crippen LogP contribution in [0.3, 0.4) is 0 Å². The van der Waals surface area contributed by atoms with Gasteiger partial charge in [0.1, 0.15) is 0 Å². The minimum atomic E-state index is -0.394. The first-order chi connectivity index (χ1) is 6.79. The van der Waals surface area contributed by atoms with E-state index in [1.165, 1.54) is 5.56 Å². The van der Waals surface area contributed by atoms with Crippen LogP contribution in [0.15, 0.2) is 27.4 Å². The average molecular weight is 190 g/mol. The van der Waals surface area contributed by atoms with E-state index in [2.05, 4.69) is 11.9 Å². The molecule has 0 atom stereocenters. The molecule has 3 heteroatoms. The molecule has 0 aliphatic rings. The molecule has 0 bridgehead atoms. The number of hydrogen-bond donors (Lipinski definition) is 1. The molecule has 1 heterocycles. The fourth-order valence-corrected chi connectivity index (χ4v) is 1.47. The van der Waals surface area contributed by atoms with Crippen LogP contribution in [0.2, 0.25) is 0 Å². The number of nitrogens with one attached hydrogen (secondary N) is 1. The zero-order valence-electron chi connectivity index (χ0n) is 7.88. The Morgan fingerprint density at radius 3 is 3.07 bits per heavy atom. The highest BCUT2D eigenvalue weighted by Gasteiger charge is 2.01. The summed E-state index contributed by atoms with van der Waals surface area (Å²) in [6.07, 6.45) is 2.96. The van der Waals surface area contributed by atoms with Crippen molar-refractivity contribution in [1.29, 1.82) is 0 Å². The van der Waals surface area contributed by atoms with Gasteiger partial charge in [0.2, 0.25) is 0 Å². The lowest BCUT2D eigenvalue weighted by molar-refractivity contribution is 0.555. The molecule has 0 aliphatic carbocycles. The van der Waals surface area contributed by atoms with Crippen LogP contribution >= 0.6 is 0 Å². The highest BCUT2D eigenvalue weighted by Crippen LogP contribution is 2.13. The maximum absolute atomic E-state index is 10.9. The van der Waals surface area contributed by atoms with E-state index in [0.29, 0.717) is 5.58 Å². The lowest BCUT2D eigenvalue weighted by Gasteiger charge is -1.97. The van der Waals surface area contributed by atoms with Crippen molar-refractivity contribution in [3.05, 3.63) is 41.2 Å². The number of benzene rings is 1. The third-order valence-corrected chi connectivity index (χ3v) is 2.20. The Morgan fingerprint density at radius 2 is 2.29 bits per heavy atom. The molecule has 2 rings (SSSR count). The molecule has 1 radical (unpaired) electrons. The Labute approximate surface area is 81.7 Å². The van der Waals surface area contributed by atoms with Gasteiger partial charge in [-0.05, 0) is 30.5 Å². The normalized spacial score (nSPS) is 10.9. The summed E-state index contributed by atoms with van der Waals surface area (Å²) in [5.74, 6) is -0.394. The number of aryl methyl sites for hydroxylation is 1. The van der Waals surface area contributed by atoms with Gasteiger partial charge in [-0.3, -0.25) is 4.98 Å². The predicted octanol–water partition coefficient (Wildman–Crippen LogP) is 2.28. The Morgan fingerprint density at radius 1 is 1.43 bits per heavy atom. The zero-order chi connectivity index (χ0) is 9.97. The van der Waals surface area contributed by atoms with Gasteiger partial charge in [0.15, 0.2) is 5.58 Å². The SMILES string of the molecule is [CH2]CCCc1ccc2[nH]c(=O)oc2c1. The van der Waals surface area contributed by atoms with E-state index in [4.69, 9.17) is 4.42 Å². The summed E-state index contributed by atoms with van der Waals surface area (Å²) >= 11 is 0. The zero-order valence-corrected chi connectivity index (χ0v) is 7.88. The summed E-state index contributed by atoms with van der Waals surface area (Å²) in [4.78, 5) is 13.5. The van der Waals surface area contributed by atoms with Gasteiger partial charge in [-0.25, -0.2) is 4.79 Å². The van der Waals surface area contributed by atoms with Gasteiger partial charge in [-0.15, -0.1) is 0 Å². The highest BCUT2D eigenvalue weighted by atomic mass is 16.4. The number of aromatic nitrogens is 1. The minimum absolute atomic E-state index is 0.394. The van der Waals surface area contributed by atoms with Gasteiger partial charge >= 0.3 is 5.76 Å². The second-order valence-electron chi connectivity index (χ2n) is 3.30. The average Bonchev–Trinajstić information content (AvgIpc) is 2.54. The number of rotatable bonds is 3. The van der Waals surface area contributed by atoms with Crippen molar-refractivity contribution in [3.8, 4) is 0 Å². The number of H-pyrrole nitrogens is 1. The van der Waals surface area contributed by atoms with Gasteiger partial charge in [0, 0.05) is 0 Å². The van der Waals surface area contributed by atoms with E-state index in [1.807, 2.05) is 18.2 Å².